The molecule has 0 aliphatic rings. The van der Waals surface area contributed by atoms with Crippen LogP contribution in [0.1, 0.15) is 36.7 Å². The van der Waals surface area contributed by atoms with Crippen molar-refractivity contribution in [2.24, 2.45) is 5.41 Å². The van der Waals surface area contributed by atoms with Crippen LogP contribution in [0.25, 0.3) is 0 Å². The van der Waals surface area contributed by atoms with Crippen molar-refractivity contribution in [1.82, 2.24) is 0 Å². The summed E-state index contributed by atoms with van der Waals surface area (Å²) >= 11 is 0. The molecule has 0 bridgehead atoms. The Labute approximate surface area is 88.1 Å². The van der Waals surface area contributed by atoms with Crippen molar-refractivity contribution >= 4 is 20.3 Å². The van der Waals surface area contributed by atoms with E-state index in [9.17, 15) is 4.79 Å². The van der Waals surface area contributed by atoms with Gasteiger partial charge in [-0.3, -0.25) is 4.79 Å². The number of ketones is 1. The molecule has 1 atom stereocenters. The van der Waals surface area contributed by atoms with E-state index in [1.807, 2.05) is 45.9 Å². The van der Waals surface area contributed by atoms with Gasteiger partial charge < -0.3 is 0 Å². The first-order chi connectivity index (χ1) is 6.34. The molecule has 0 aromatic heterocycles. The van der Waals surface area contributed by atoms with Gasteiger partial charge >= 0.3 is 0 Å². The number of hydrogen-bond acceptors (Lipinski definition) is 1. The molecule has 0 aliphatic carbocycles. The van der Waals surface area contributed by atoms with Gasteiger partial charge in [0.25, 0.3) is 0 Å². The molecular formula is C12H17OP. The van der Waals surface area contributed by atoms with Crippen LogP contribution in [-0.4, -0.2) is 5.78 Å². The molecule has 76 valence electrons. The third-order valence-corrected chi connectivity index (χ3v) is 2.69. The standard InChI is InChI=1S/C12H17OP/c1-8-6-5-7-9(14)10(8)11(13)12(2,3)4/h5-7H,14H2,1-4H3. The van der Waals surface area contributed by atoms with Crippen LogP contribution in [-0.2, 0) is 0 Å². The minimum atomic E-state index is -0.308. The number of hydrogen-bond donors (Lipinski definition) is 0. The van der Waals surface area contributed by atoms with Crippen molar-refractivity contribution in [3.63, 3.8) is 0 Å². The van der Waals surface area contributed by atoms with E-state index < -0.39 is 0 Å². The highest BCUT2D eigenvalue weighted by molar-refractivity contribution is 7.27. The third kappa shape index (κ3) is 2.22. The van der Waals surface area contributed by atoms with Crippen molar-refractivity contribution in [3.05, 3.63) is 29.3 Å². The molecule has 14 heavy (non-hydrogen) atoms. The summed E-state index contributed by atoms with van der Waals surface area (Å²) in [4.78, 5) is 12.1. The zero-order valence-corrected chi connectivity index (χ0v) is 10.4. The smallest absolute Gasteiger partial charge is 0.169 e. The summed E-state index contributed by atoms with van der Waals surface area (Å²) in [6.07, 6.45) is 0. The Balaban J connectivity index is 3.26. The first-order valence-corrected chi connectivity index (χ1v) is 5.31. The highest BCUT2D eigenvalue weighted by atomic mass is 31.0. The molecule has 0 radical (unpaired) electrons. The molecule has 0 fully saturated rings. The largest absolute Gasteiger partial charge is 0.294 e. The fourth-order valence-corrected chi connectivity index (χ4v) is 1.85. The van der Waals surface area contributed by atoms with Crippen LogP contribution in [0.3, 0.4) is 0 Å². The Bertz CT molecular complexity index is 341. The quantitative estimate of drug-likeness (QED) is 0.512. The predicted molar refractivity (Wildman–Crippen MR) is 64.3 cm³/mol. The van der Waals surface area contributed by atoms with Gasteiger partial charge in [0, 0.05) is 11.0 Å². The lowest BCUT2D eigenvalue weighted by Gasteiger charge is -2.19. The average molecular weight is 208 g/mol. The molecular weight excluding hydrogens is 191 g/mol. The maximum Gasteiger partial charge on any atom is 0.169 e. The van der Waals surface area contributed by atoms with Gasteiger partial charge in [0.05, 0.1) is 0 Å². The Hall–Kier alpha value is -0.680. The van der Waals surface area contributed by atoms with Crippen LogP contribution >= 0.6 is 9.24 Å². The molecule has 2 heteroatoms. The molecule has 0 amide bonds. The van der Waals surface area contributed by atoms with Gasteiger partial charge in [0.15, 0.2) is 5.78 Å². The number of carbonyl (C=O) groups excluding carboxylic acids is 1. The van der Waals surface area contributed by atoms with Gasteiger partial charge in [-0.2, -0.15) is 0 Å². The number of aryl methyl sites for hydroxylation is 1. The van der Waals surface area contributed by atoms with Gasteiger partial charge in [0.2, 0.25) is 0 Å². The van der Waals surface area contributed by atoms with Gasteiger partial charge in [-0.05, 0) is 17.8 Å². The molecule has 0 aliphatic heterocycles. The van der Waals surface area contributed by atoms with E-state index in [0.717, 1.165) is 16.4 Å². The summed E-state index contributed by atoms with van der Waals surface area (Å²) in [5.41, 5.74) is 1.60. The van der Waals surface area contributed by atoms with Gasteiger partial charge in [-0.25, -0.2) is 0 Å². The maximum atomic E-state index is 12.1. The number of Topliss-reactive ketones (excluding diaryl/α,β-unsaturated/α-hetero) is 1. The van der Waals surface area contributed by atoms with Crippen LogP contribution in [0, 0.1) is 12.3 Å². The second-order valence-electron chi connectivity index (χ2n) is 4.62. The maximum absolute atomic E-state index is 12.1. The number of rotatable bonds is 1. The Morgan fingerprint density at radius 1 is 1.29 bits per heavy atom. The first-order valence-electron chi connectivity index (χ1n) is 4.74. The Morgan fingerprint density at radius 2 is 1.86 bits per heavy atom. The van der Waals surface area contributed by atoms with E-state index >= 15 is 0 Å². The van der Waals surface area contributed by atoms with Crippen molar-refractivity contribution in [3.8, 4) is 0 Å². The van der Waals surface area contributed by atoms with Crippen LogP contribution in [0.5, 0.6) is 0 Å². The lowest BCUT2D eigenvalue weighted by atomic mass is 9.85. The fourth-order valence-electron chi connectivity index (χ4n) is 1.38. The van der Waals surface area contributed by atoms with Crippen LogP contribution < -0.4 is 5.30 Å². The summed E-state index contributed by atoms with van der Waals surface area (Å²) in [6.45, 7) is 7.83. The Kier molecular flexibility index (Phi) is 3.11. The van der Waals surface area contributed by atoms with E-state index in [-0.39, 0.29) is 11.2 Å². The topological polar surface area (TPSA) is 17.1 Å². The zero-order valence-electron chi connectivity index (χ0n) is 9.22. The first kappa shape index (κ1) is 11.4. The van der Waals surface area contributed by atoms with E-state index in [0.29, 0.717) is 0 Å². The monoisotopic (exact) mass is 208 g/mol. The second-order valence-corrected chi connectivity index (χ2v) is 5.24. The average Bonchev–Trinajstić information content (AvgIpc) is 2.01. The van der Waals surface area contributed by atoms with E-state index in [1.165, 1.54) is 0 Å². The minimum absolute atomic E-state index is 0.209. The van der Waals surface area contributed by atoms with Crippen LogP contribution in [0.15, 0.2) is 18.2 Å². The summed E-state index contributed by atoms with van der Waals surface area (Å²) in [5.74, 6) is 0.209. The highest BCUT2D eigenvalue weighted by Crippen LogP contribution is 2.22. The van der Waals surface area contributed by atoms with Crippen molar-refractivity contribution < 1.29 is 4.79 Å². The summed E-state index contributed by atoms with van der Waals surface area (Å²) in [7, 11) is 2.63. The van der Waals surface area contributed by atoms with Gasteiger partial charge in [-0.1, -0.05) is 39.0 Å². The summed E-state index contributed by atoms with van der Waals surface area (Å²) in [6, 6.07) is 5.90. The van der Waals surface area contributed by atoms with Crippen molar-refractivity contribution in [2.75, 3.05) is 0 Å². The Morgan fingerprint density at radius 3 is 2.29 bits per heavy atom. The normalized spacial score (nSPS) is 11.5. The van der Waals surface area contributed by atoms with E-state index in [2.05, 4.69) is 9.24 Å². The molecule has 0 N–H and O–H groups in total. The van der Waals surface area contributed by atoms with Gasteiger partial charge in [-0.15, -0.1) is 9.24 Å². The highest BCUT2D eigenvalue weighted by Gasteiger charge is 2.25. The summed E-state index contributed by atoms with van der Waals surface area (Å²) < 4.78 is 0. The lowest BCUT2D eigenvalue weighted by Crippen LogP contribution is -2.25. The minimum Gasteiger partial charge on any atom is -0.294 e. The molecule has 1 nitrogen and oxygen atoms in total. The zero-order chi connectivity index (χ0) is 10.9. The molecule has 1 rings (SSSR count). The molecule has 0 saturated heterocycles. The SMILES string of the molecule is Cc1cccc(P)c1C(=O)C(C)(C)C. The molecule has 0 heterocycles. The van der Waals surface area contributed by atoms with Crippen LogP contribution in [0.4, 0.5) is 0 Å². The van der Waals surface area contributed by atoms with Gasteiger partial charge in [0.1, 0.15) is 0 Å². The number of carbonyl (C=O) groups is 1. The molecule has 0 spiro atoms. The van der Waals surface area contributed by atoms with Crippen molar-refractivity contribution in [1.29, 1.82) is 0 Å². The molecule has 1 unspecified atom stereocenters. The predicted octanol–water partition coefficient (Wildman–Crippen LogP) is 2.72. The number of benzene rings is 1. The van der Waals surface area contributed by atoms with E-state index in [4.69, 9.17) is 0 Å². The van der Waals surface area contributed by atoms with E-state index in [1.54, 1.807) is 0 Å². The third-order valence-electron chi connectivity index (χ3n) is 2.21. The molecule has 0 saturated carbocycles. The fraction of sp³-hybridized carbons (Fsp3) is 0.417. The molecule has 1 aromatic rings. The van der Waals surface area contributed by atoms with Crippen molar-refractivity contribution in [2.45, 2.75) is 27.7 Å². The summed E-state index contributed by atoms with van der Waals surface area (Å²) in [5, 5.41) is 0.991. The van der Waals surface area contributed by atoms with Crippen LogP contribution in [0.2, 0.25) is 0 Å². The lowest BCUT2D eigenvalue weighted by molar-refractivity contribution is 0.0859. The molecule has 1 aromatic carbocycles. The second kappa shape index (κ2) is 3.82.